The topological polar surface area (TPSA) is 149 Å². The van der Waals surface area contributed by atoms with Gasteiger partial charge >= 0.3 is 6.18 Å². The second-order valence-corrected chi connectivity index (χ2v) is 16.1. The number of nitrogens with zero attached hydrogens (tertiary/aromatic N) is 3. The standard InChI is InChI=1S/C35H53F3N4O7S/c1-25-21-27(32(45)41-16-10-29(11-17-41)49-24-28(44)23-43)22-26(2)30(25)12-20-50(47,48)42-18-14-34(15-19-42)33(46)39-31(40-34)9-7-5-3-4-6-8-13-35(36,37)38/h21-22,28-29,43-44H,3-20,23-24H2,1-2H3,(H,39,40,46). The van der Waals surface area contributed by atoms with E-state index in [9.17, 15) is 36.3 Å². The highest BCUT2D eigenvalue weighted by Crippen LogP contribution is 2.32. The average molecular weight is 731 g/mol. The lowest BCUT2D eigenvalue weighted by Crippen LogP contribution is -2.50. The minimum Gasteiger partial charge on any atom is -0.394 e. The van der Waals surface area contributed by atoms with E-state index >= 15 is 0 Å². The molecule has 1 aromatic carbocycles. The number of piperidine rings is 2. The molecule has 1 atom stereocenters. The number of likely N-dealkylation sites (tertiary alicyclic amines) is 1. The summed E-state index contributed by atoms with van der Waals surface area (Å²) < 4.78 is 70.7. The van der Waals surface area contributed by atoms with E-state index in [0.29, 0.717) is 69.4 Å². The van der Waals surface area contributed by atoms with E-state index < -0.39 is 34.3 Å². The lowest BCUT2D eigenvalue weighted by molar-refractivity contribution is -0.135. The number of carbonyl (C=O) groups excluding carboxylic acids is 2. The number of rotatable bonds is 17. The number of amides is 2. The lowest BCUT2D eigenvalue weighted by Gasteiger charge is -2.34. The number of carbonyl (C=O) groups is 2. The van der Waals surface area contributed by atoms with Gasteiger partial charge < -0.3 is 25.2 Å². The van der Waals surface area contributed by atoms with Crippen molar-refractivity contribution in [3.05, 3.63) is 34.4 Å². The molecule has 15 heteroatoms. The van der Waals surface area contributed by atoms with E-state index in [1.165, 1.54) is 4.31 Å². The molecule has 11 nitrogen and oxygen atoms in total. The van der Waals surface area contributed by atoms with E-state index in [1.54, 1.807) is 4.90 Å². The second-order valence-electron chi connectivity index (χ2n) is 14.0. The first-order valence-corrected chi connectivity index (χ1v) is 19.5. The van der Waals surface area contributed by atoms with Gasteiger partial charge in [-0.25, -0.2) is 12.7 Å². The third kappa shape index (κ3) is 11.2. The Kier molecular flexibility index (Phi) is 14.3. The van der Waals surface area contributed by atoms with Gasteiger partial charge in [-0.1, -0.05) is 25.7 Å². The third-order valence-electron chi connectivity index (χ3n) is 10.1. The van der Waals surface area contributed by atoms with Gasteiger partial charge in [-0.3, -0.25) is 14.6 Å². The van der Waals surface area contributed by atoms with Gasteiger partial charge in [0.2, 0.25) is 10.0 Å². The Morgan fingerprint density at radius 1 is 1.02 bits per heavy atom. The van der Waals surface area contributed by atoms with Gasteiger partial charge in [-0.05, 0) is 87.6 Å². The van der Waals surface area contributed by atoms with Crippen molar-refractivity contribution in [1.29, 1.82) is 0 Å². The average Bonchev–Trinajstić information content (AvgIpc) is 3.37. The van der Waals surface area contributed by atoms with Gasteiger partial charge in [0.1, 0.15) is 17.5 Å². The van der Waals surface area contributed by atoms with Crippen molar-refractivity contribution in [2.75, 3.05) is 45.1 Å². The van der Waals surface area contributed by atoms with Crippen molar-refractivity contribution in [2.24, 2.45) is 4.99 Å². The zero-order valence-corrected chi connectivity index (χ0v) is 30.1. The molecule has 1 unspecified atom stereocenters. The maximum Gasteiger partial charge on any atom is 0.389 e. The van der Waals surface area contributed by atoms with Crippen LogP contribution in [0, 0.1) is 13.8 Å². The summed E-state index contributed by atoms with van der Waals surface area (Å²) in [6.45, 7) is 4.89. The fourth-order valence-electron chi connectivity index (χ4n) is 7.08. The molecule has 2 saturated heterocycles. The number of hydrogen-bond donors (Lipinski definition) is 3. The number of aliphatic hydroxyl groups is 2. The molecule has 1 spiro atoms. The molecule has 2 amide bonds. The number of benzene rings is 1. The highest BCUT2D eigenvalue weighted by Gasteiger charge is 2.47. The normalized spacial score (nSPS) is 19.5. The molecule has 0 aliphatic carbocycles. The Morgan fingerprint density at radius 2 is 1.62 bits per heavy atom. The Bertz CT molecular complexity index is 1430. The zero-order valence-electron chi connectivity index (χ0n) is 29.3. The molecule has 1 aromatic rings. The first kappa shape index (κ1) is 40.2. The number of alkyl halides is 3. The minimum absolute atomic E-state index is 0.0578. The summed E-state index contributed by atoms with van der Waals surface area (Å²) >= 11 is 0. The summed E-state index contributed by atoms with van der Waals surface area (Å²) in [6, 6.07) is 3.63. The van der Waals surface area contributed by atoms with Crippen LogP contribution in [0.1, 0.15) is 104 Å². The summed E-state index contributed by atoms with van der Waals surface area (Å²) in [7, 11) is -3.61. The SMILES string of the molecule is Cc1cc(C(=O)N2CCC(OCC(O)CO)CC2)cc(C)c1CCS(=O)(=O)N1CCC2(CC1)N=C(CCCCCCCCC(F)(F)F)NC2=O. The maximum atomic E-state index is 13.4. The lowest BCUT2D eigenvalue weighted by atomic mass is 9.89. The van der Waals surface area contributed by atoms with E-state index in [0.717, 1.165) is 42.4 Å². The number of amidine groups is 1. The molecule has 3 aliphatic rings. The molecule has 0 aromatic heterocycles. The quantitative estimate of drug-likeness (QED) is 0.204. The summed E-state index contributed by atoms with van der Waals surface area (Å²) in [5.74, 6) is 0.217. The van der Waals surface area contributed by atoms with Crippen LogP contribution < -0.4 is 5.32 Å². The molecule has 3 aliphatic heterocycles. The number of aliphatic imine (C=N–C) groups is 1. The highest BCUT2D eigenvalue weighted by molar-refractivity contribution is 7.89. The van der Waals surface area contributed by atoms with Crippen LogP contribution in [-0.4, -0.2) is 115 Å². The predicted molar refractivity (Wildman–Crippen MR) is 183 cm³/mol. The van der Waals surface area contributed by atoms with Crippen molar-refractivity contribution < 1.29 is 46.1 Å². The molecular formula is C35H53F3N4O7S. The van der Waals surface area contributed by atoms with Gasteiger partial charge in [0, 0.05) is 44.6 Å². The monoisotopic (exact) mass is 730 g/mol. The molecule has 3 N–H and O–H groups in total. The number of hydrogen-bond acceptors (Lipinski definition) is 8. The van der Waals surface area contributed by atoms with Crippen molar-refractivity contribution in [3.8, 4) is 0 Å². The van der Waals surface area contributed by atoms with E-state index in [4.69, 9.17) is 14.8 Å². The zero-order chi connectivity index (χ0) is 36.5. The first-order valence-electron chi connectivity index (χ1n) is 17.9. The van der Waals surface area contributed by atoms with E-state index in [-0.39, 0.29) is 56.4 Å². The van der Waals surface area contributed by atoms with Gasteiger partial charge in [0.25, 0.3) is 11.8 Å². The largest absolute Gasteiger partial charge is 0.394 e. The van der Waals surface area contributed by atoms with Crippen LogP contribution >= 0.6 is 0 Å². The Balaban J connectivity index is 1.22. The number of nitrogens with one attached hydrogen (secondary N) is 1. The third-order valence-corrected chi connectivity index (χ3v) is 12.0. The molecule has 0 radical (unpaired) electrons. The van der Waals surface area contributed by atoms with Gasteiger partial charge in [-0.2, -0.15) is 13.2 Å². The molecule has 0 bridgehead atoms. The number of sulfonamides is 1. The molecule has 282 valence electrons. The number of ether oxygens (including phenoxy) is 1. The van der Waals surface area contributed by atoms with Gasteiger partial charge in [0.15, 0.2) is 0 Å². The van der Waals surface area contributed by atoms with Crippen LogP contribution in [0.2, 0.25) is 0 Å². The van der Waals surface area contributed by atoms with Crippen molar-refractivity contribution in [3.63, 3.8) is 0 Å². The van der Waals surface area contributed by atoms with E-state index in [1.807, 2.05) is 26.0 Å². The van der Waals surface area contributed by atoms with Crippen LogP contribution in [0.15, 0.2) is 17.1 Å². The van der Waals surface area contributed by atoms with Crippen molar-refractivity contribution in [1.82, 2.24) is 14.5 Å². The Labute approximate surface area is 293 Å². The summed E-state index contributed by atoms with van der Waals surface area (Å²) in [5, 5.41) is 21.3. The molecule has 2 fully saturated rings. The fraction of sp³-hybridized carbons (Fsp3) is 0.743. The minimum atomic E-state index is -4.10. The van der Waals surface area contributed by atoms with Crippen LogP contribution in [0.4, 0.5) is 13.2 Å². The highest BCUT2D eigenvalue weighted by atomic mass is 32.2. The first-order chi connectivity index (χ1) is 23.6. The van der Waals surface area contributed by atoms with Gasteiger partial charge in [0.05, 0.1) is 25.1 Å². The maximum absolute atomic E-state index is 13.4. The van der Waals surface area contributed by atoms with Crippen LogP contribution in [-0.2, 0) is 26.0 Å². The van der Waals surface area contributed by atoms with Crippen LogP contribution in [0.5, 0.6) is 0 Å². The number of unbranched alkanes of at least 4 members (excludes halogenated alkanes) is 5. The molecule has 0 saturated carbocycles. The van der Waals surface area contributed by atoms with Crippen LogP contribution in [0.3, 0.4) is 0 Å². The fourth-order valence-corrected chi connectivity index (χ4v) is 8.54. The van der Waals surface area contributed by atoms with Crippen molar-refractivity contribution >= 4 is 27.7 Å². The van der Waals surface area contributed by atoms with Crippen LogP contribution in [0.25, 0.3) is 0 Å². The molecule has 3 heterocycles. The predicted octanol–water partition coefficient (Wildman–Crippen LogP) is 4.20. The van der Waals surface area contributed by atoms with E-state index in [2.05, 4.69) is 5.32 Å². The van der Waals surface area contributed by atoms with Crippen molar-refractivity contribution in [2.45, 2.75) is 121 Å². The Morgan fingerprint density at radius 3 is 2.22 bits per heavy atom. The Hall–Kier alpha value is -2.59. The molecule has 50 heavy (non-hydrogen) atoms. The molecular weight excluding hydrogens is 677 g/mol. The number of aryl methyl sites for hydroxylation is 2. The molecule has 4 rings (SSSR count). The van der Waals surface area contributed by atoms with Gasteiger partial charge in [-0.15, -0.1) is 0 Å². The second kappa shape index (κ2) is 17.8. The number of aliphatic hydroxyl groups excluding tert-OH is 2. The summed E-state index contributed by atoms with van der Waals surface area (Å²) in [6.07, 6.45) is 0.771. The smallest absolute Gasteiger partial charge is 0.389 e. The number of halogens is 3. The summed E-state index contributed by atoms with van der Waals surface area (Å²) in [5.41, 5.74) is 2.18. The summed E-state index contributed by atoms with van der Waals surface area (Å²) in [4.78, 5) is 32.7.